The summed E-state index contributed by atoms with van der Waals surface area (Å²) in [6, 6.07) is 3.14. The number of benzene rings is 1. The molecule has 0 saturated carbocycles. The highest BCUT2D eigenvalue weighted by molar-refractivity contribution is 7.99. The average molecular weight is 351 g/mol. The Morgan fingerprint density at radius 1 is 1.38 bits per heavy atom. The molecule has 1 unspecified atom stereocenters. The summed E-state index contributed by atoms with van der Waals surface area (Å²) >= 11 is 1.37. The molecule has 1 aromatic heterocycles. The maximum absolute atomic E-state index is 14.2. The molecular weight excluding hydrogens is 336 g/mol. The van der Waals surface area contributed by atoms with Gasteiger partial charge in [0.15, 0.2) is 5.16 Å². The smallest absolute Gasteiger partial charge is 0.279 e. The van der Waals surface area contributed by atoms with E-state index in [9.17, 15) is 18.4 Å². The number of rotatable bonds is 3. The first-order valence-electron chi connectivity index (χ1n) is 7.40. The Morgan fingerprint density at radius 2 is 2.12 bits per heavy atom. The summed E-state index contributed by atoms with van der Waals surface area (Å²) in [7, 11) is 1.69. The van der Waals surface area contributed by atoms with E-state index in [4.69, 9.17) is 0 Å². The van der Waals surface area contributed by atoms with Gasteiger partial charge in [-0.3, -0.25) is 9.59 Å². The minimum Gasteiger partial charge on any atom is -0.312 e. The van der Waals surface area contributed by atoms with Gasteiger partial charge in [0.1, 0.15) is 17.5 Å². The summed E-state index contributed by atoms with van der Waals surface area (Å²) in [5.41, 5.74) is -0.168. The number of carbonyl (C=O) groups is 1. The molecule has 2 heterocycles. The fourth-order valence-electron chi connectivity index (χ4n) is 2.84. The van der Waals surface area contributed by atoms with Crippen LogP contribution in [-0.2, 0) is 11.8 Å². The van der Waals surface area contributed by atoms with Crippen molar-refractivity contribution in [3.05, 3.63) is 51.3 Å². The first kappa shape index (κ1) is 16.6. The van der Waals surface area contributed by atoms with E-state index in [1.165, 1.54) is 17.8 Å². The van der Waals surface area contributed by atoms with Gasteiger partial charge in [-0.2, -0.15) is 4.98 Å². The lowest BCUT2D eigenvalue weighted by Gasteiger charge is -2.27. The Morgan fingerprint density at radius 3 is 2.79 bits per heavy atom. The minimum absolute atomic E-state index is 0.0905. The van der Waals surface area contributed by atoms with E-state index in [-0.39, 0.29) is 23.5 Å². The van der Waals surface area contributed by atoms with Crippen LogP contribution >= 0.6 is 11.8 Å². The van der Waals surface area contributed by atoms with Crippen LogP contribution in [0.4, 0.5) is 14.6 Å². The Labute approximate surface area is 141 Å². The van der Waals surface area contributed by atoms with Gasteiger partial charge >= 0.3 is 0 Å². The highest BCUT2D eigenvalue weighted by Gasteiger charge is 2.33. The molecular formula is C16H15F2N3O2S. The van der Waals surface area contributed by atoms with Gasteiger partial charge in [-0.05, 0) is 17.4 Å². The third-order valence-corrected chi connectivity index (χ3v) is 4.82. The zero-order chi connectivity index (χ0) is 17.4. The molecule has 1 aliphatic heterocycles. The number of nitrogens with zero attached hydrogens (tertiary/aromatic N) is 2. The molecule has 0 saturated heterocycles. The zero-order valence-corrected chi connectivity index (χ0v) is 13.9. The molecule has 1 atom stereocenters. The van der Waals surface area contributed by atoms with Gasteiger partial charge in [0.2, 0.25) is 5.91 Å². The van der Waals surface area contributed by atoms with Gasteiger partial charge in [-0.25, -0.2) is 8.78 Å². The number of hydrogen-bond acceptors (Lipinski definition) is 4. The van der Waals surface area contributed by atoms with E-state index >= 15 is 0 Å². The van der Waals surface area contributed by atoms with E-state index in [0.717, 1.165) is 12.1 Å². The number of fused-ring (bicyclic) bond motifs is 1. The van der Waals surface area contributed by atoms with Crippen LogP contribution in [0, 0.1) is 11.6 Å². The fourth-order valence-corrected chi connectivity index (χ4v) is 3.53. The van der Waals surface area contributed by atoms with Crippen molar-refractivity contribution in [3.8, 4) is 0 Å². The zero-order valence-electron chi connectivity index (χ0n) is 13.1. The SMILES string of the molecule is CCSc1nc(=O)c2c(n1C)NC(=O)CC2c1ccc(F)cc1F. The number of aromatic nitrogens is 2. The van der Waals surface area contributed by atoms with Gasteiger partial charge < -0.3 is 9.88 Å². The van der Waals surface area contributed by atoms with Crippen LogP contribution in [-0.4, -0.2) is 21.2 Å². The molecule has 1 aromatic carbocycles. The molecule has 1 N–H and O–H groups in total. The maximum Gasteiger partial charge on any atom is 0.279 e. The Bertz CT molecular complexity index is 882. The normalized spacial score (nSPS) is 16.7. The summed E-state index contributed by atoms with van der Waals surface area (Å²) in [6.45, 7) is 1.92. The third-order valence-electron chi connectivity index (χ3n) is 3.91. The van der Waals surface area contributed by atoms with Gasteiger partial charge in [0.25, 0.3) is 5.56 Å². The van der Waals surface area contributed by atoms with Crippen molar-refractivity contribution in [2.75, 3.05) is 11.1 Å². The standard InChI is InChI=1S/C16H15F2N3O2S/c1-3-24-16-20-15(23)13-10(7-12(22)19-14(13)21(16)2)9-5-4-8(17)6-11(9)18/h4-6,10H,3,7H2,1-2H3,(H,19,22). The van der Waals surface area contributed by atoms with Crippen LogP contribution in [0.2, 0.25) is 0 Å². The molecule has 0 aliphatic carbocycles. The molecule has 2 aromatic rings. The minimum atomic E-state index is -0.791. The van der Waals surface area contributed by atoms with Crippen LogP contribution in [0.1, 0.15) is 30.4 Å². The molecule has 0 fully saturated rings. The lowest BCUT2D eigenvalue weighted by molar-refractivity contribution is -0.116. The van der Waals surface area contributed by atoms with Crippen LogP contribution < -0.4 is 10.9 Å². The van der Waals surface area contributed by atoms with E-state index in [0.29, 0.717) is 16.7 Å². The Balaban J connectivity index is 2.22. The molecule has 0 bridgehead atoms. The highest BCUT2D eigenvalue weighted by Crippen LogP contribution is 2.36. The van der Waals surface area contributed by atoms with E-state index < -0.39 is 23.1 Å². The molecule has 8 heteroatoms. The van der Waals surface area contributed by atoms with E-state index in [1.54, 1.807) is 11.6 Å². The summed E-state index contributed by atoms with van der Waals surface area (Å²) in [5, 5.41) is 3.15. The van der Waals surface area contributed by atoms with Crippen molar-refractivity contribution < 1.29 is 13.6 Å². The summed E-state index contributed by atoms with van der Waals surface area (Å²) < 4.78 is 29.0. The van der Waals surface area contributed by atoms with E-state index in [2.05, 4.69) is 10.3 Å². The number of carbonyl (C=O) groups excluding carboxylic acids is 1. The second kappa shape index (κ2) is 6.35. The van der Waals surface area contributed by atoms with Gasteiger partial charge in [-0.1, -0.05) is 24.8 Å². The number of hydrogen-bond donors (Lipinski definition) is 1. The monoisotopic (exact) mass is 351 g/mol. The van der Waals surface area contributed by atoms with Gasteiger partial charge in [-0.15, -0.1) is 0 Å². The van der Waals surface area contributed by atoms with Crippen LogP contribution in [0.3, 0.4) is 0 Å². The number of amides is 1. The van der Waals surface area contributed by atoms with Gasteiger partial charge in [0.05, 0.1) is 5.56 Å². The number of nitrogens with one attached hydrogen (secondary N) is 1. The number of thioether (sulfide) groups is 1. The molecule has 1 aliphatic rings. The van der Waals surface area contributed by atoms with E-state index in [1.807, 2.05) is 6.92 Å². The summed E-state index contributed by atoms with van der Waals surface area (Å²) in [4.78, 5) is 28.6. The lowest BCUT2D eigenvalue weighted by atomic mass is 9.86. The highest BCUT2D eigenvalue weighted by atomic mass is 32.2. The average Bonchev–Trinajstić information content (AvgIpc) is 2.51. The van der Waals surface area contributed by atoms with Crippen molar-refractivity contribution in [2.45, 2.75) is 24.4 Å². The summed E-state index contributed by atoms with van der Waals surface area (Å²) in [5.74, 6) is -1.59. The molecule has 1 amide bonds. The largest absolute Gasteiger partial charge is 0.312 e. The molecule has 24 heavy (non-hydrogen) atoms. The topological polar surface area (TPSA) is 64.0 Å². The number of anilines is 1. The molecule has 126 valence electrons. The fraction of sp³-hybridized carbons (Fsp3) is 0.312. The van der Waals surface area contributed by atoms with Crippen LogP contribution in [0.15, 0.2) is 28.2 Å². The van der Waals surface area contributed by atoms with Crippen molar-refractivity contribution >= 4 is 23.5 Å². The van der Waals surface area contributed by atoms with Crippen molar-refractivity contribution in [1.29, 1.82) is 0 Å². The van der Waals surface area contributed by atoms with Crippen LogP contribution in [0.5, 0.6) is 0 Å². The summed E-state index contributed by atoms with van der Waals surface area (Å²) in [6.07, 6.45) is -0.0905. The van der Waals surface area contributed by atoms with Crippen molar-refractivity contribution in [2.24, 2.45) is 7.05 Å². The van der Waals surface area contributed by atoms with Crippen molar-refractivity contribution in [1.82, 2.24) is 9.55 Å². The first-order valence-corrected chi connectivity index (χ1v) is 8.39. The predicted octanol–water partition coefficient (Wildman–Crippen LogP) is 2.64. The third kappa shape index (κ3) is 2.82. The van der Waals surface area contributed by atoms with Gasteiger partial charge in [0, 0.05) is 25.5 Å². The Kier molecular flexibility index (Phi) is 4.40. The molecule has 3 rings (SSSR count). The quantitative estimate of drug-likeness (QED) is 0.682. The Hall–Kier alpha value is -2.22. The number of halogens is 2. The predicted molar refractivity (Wildman–Crippen MR) is 87.3 cm³/mol. The molecule has 0 radical (unpaired) electrons. The molecule has 0 spiro atoms. The lowest BCUT2D eigenvalue weighted by Crippen LogP contribution is -2.33. The molecule has 5 nitrogen and oxygen atoms in total. The van der Waals surface area contributed by atoms with Crippen molar-refractivity contribution in [3.63, 3.8) is 0 Å². The second-order valence-corrected chi connectivity index (χ2v) is 6.66. The van der Waals surface area contributed by atoms with Crippen LogP contribution in [0.25, 0.3) is 0 Å². The second-order valence-electron chi connectivity index (χ2n) is 5.42. The first-order chi connectivity index (χ1) is 11.4. The maximum atomic E-state index is 14.2.